The van der Waals surface area contributed by atoms with E-state index in [0.29, 0.717) is 17.7 Å². The van der Waals surface area contributed by atoms with Gasteiger partial charge in [-0.25, -0.2) is 13.1 Å². The van der Waals surface area contributed by atoms with Gasteiger partial charge in [0, 0.05) is 30.6 Å². The Kier molecular flexibility index (Phi) is 8.33. The molecule has 1 saturated carbocycles. The molecule has 0 bridgehead atoms. The van der Waals surface area contributed by atoms with Crippen LogP contribution in [-0.4, -0.2) is 33.5 Å². The van der Waals surface area contributed by atoms with Gasteiger partial charge in [-0.1, -0.05) is 19.8 Å². The number of ether oxygens (including phenoxy) is 1. The second-order valence-corrected chi connectivity index (χ2v) is 8.08. The Balaban J connectivity index is 0.00000338. The van der Waals surface area contributed by atoms with Gasteiger partial charge in [0.25, 0.3) is 0 Å². The SMILES string of the molecule is CCC(=O)NCc1cc(S(=O)(=O)NC2(CN)CCCC2)ccc1OC.Cl. The van der Waals surface area contributed by atoms with E-state index in [1.165, 1.54) is 19.2 Å². The predicted octanol–water partition coefficient (Wildman–Crippen LogP) is 1.69. The number of sulfonamides is 1. The van der Waals surface area contributed by atoms with Crippen molar-refractivity contribution < 1.29 is 17.9 Å². The number of methoxy groups -OCH3 is 1. The lowest BCUT2D eigenvalue weighted by Gasteiger charge is -2.28. The molecule has 1 amide bonds. The average molecular weight is 406 g/mol. The van der Waals surface area contributed by atoms with E-state index in [1.54, 1.807) is 13.0 Å². The molecule has 148 valence electrons. The Hall–Kier alpha value is -1.35. The quantitative estimate of drug-likeness (QED) is 0.609. The van der Waals surface area contributed by atoms with E-state index < -0.39 is 15.6 Å². The number of carbonyl (C=O) groups is 1. The van der Waals surface area contributed by atoms with E-state index in [4.69, 9.17) is 10.5 Å². The molecule has 26 heavy (non-hydrogen) atoms. The number of carbonyl (C=O) groups excluding carboxylic acids is 1. The first kappa shape index (κ1) is 22.7. The highest BCUT2D eigenvalue weighted by molar-refractivity contribution is 7.89. The van der Waals surface area contributed by atoms with Crippen LogP contribution in [0.2, 0.25) is 0 Å². The lowest BCUT2D eigenvalue weighted by molar-refractivity contribution is -0.120. The van der Waals surface area contributed by atoms with Gasteiger partial charge in [-0.15, -0.1) is 12.4 Å². The Morgan fingerprint density at radius 3 is 2.50 bits per heavy atom. The lowest BCUT2D eigenvalue weighted by atomic mass is 10.0. The zero-order valence-electron chi connectivity index (χ0n) is 15.2. The van der Waals surface area contributed by atoms with Crippen molar-refractivity contribution in [1.29, 1.82) is 0 Å². The lowest BCUT2D eigenvalue weighted by Crippen LogP contribution is -2.51. The first-order valence-corrected chi connectivity index (χ1v) is 10.0. The second-order valence-electron chi connectivity index (χ2n) is 6.40. The summed E-state index contributed by atoms with van der Waals surface area (Å²) in [4.78, 5) is 11.6. The van der Waals surface area contributed by atoms with Crippen LogP contribution in [0.15, 0.2) is 23.1 Å². The van der Waals surface area contributed by atoms with Crippen LogP contribution in [0.5, 0.6) is 5.75 Å². The monoisotopic (exact) mass is 405 g/mol. The van der Waals surface area contributed by atoms with Gasteiger partial charge in [-0.3, -0.25) is 4.79 Å². The second kappa shape index (κ2) is 9.55. The molecule has 7 nitrogen and oxygen atoms in total. The number of hydrogen-bond donors (Lipinski definition) is 3. The summed E-state index contributed by atoms with van der Waals surface area (Å²) < 4.78 is 33.7. The third-order valence-electron chi connectivity index (χ3n) is 4.66. The van der Waals surface area contributed by atoms with E-state index in [-0.39, 0.29) is 36.3 Å². The molecule has 1 aliphatic carbocycles. The number of rotatable bonds is 8. The van der Waals surface area contributed by atoms with E-state index in [9.17, 15) is 13.2 Å². The van der Waals surface area contributed by atoms with E-state index in [1.807, 2.05) is 0 Å². The fraction of sp³-hybridized carbons (Fsp3) is 0.588. The third kappa shape index (κ3) is 5.33. The van der Waals surface area contributed by atoms with Crippen LogP contribution in [0.25, 0.3) is 0 Å². The summed E-state index contributed by atoms with van der Waals surface area (Å²) >= 11 is 0. The Bertz CT molecular complexity index is 719. The van der Waals surface area contributed by atoms with Crippen molar-refractivity contribution in [3.8, 4) is 5.75 Å². The van der Waals surface area contributed by atoms with Crippen molar-refractivity contribution in [2.24, 2.45) is 5.73 Å². The van der Waals surface area contributed by atoms with Crippen LogP contribution in [0.1, 0.15) is 44.6 Å². The van der Waals surface area contributed by atoms with Crippen LogP contribution < -0.4 is 20.5 Å². The molecule has 0 radical (unpaired) electrons. The van der Waals surface area contributed by atoms with Crippen molar-refractivity contribution in [2.45, 2.75) is 56.0 Å². The van der Waals surface area contributed by atoms with E-state index in [2.05, 4.69) is 10.0 Å². The zero-order valence-corrected chi connectivity index (χ0v) is 16.8. The van der Waals surface area contributed by atoms with Gasteiger partial charge in [0.15, 0.2) is 0 Å². The summed E-state index contributed by atoms with van der Waals surface area (Å²) in [6, 6.07) is 4.65. The van der Waals surface area contributed by atoms with E-state index >= 15 is 0 Å². The van der Waals surface area contributed by atoms with Crippen molar-refractivity contribution in [1.82, 2.24) is 10.0 Å². The Labute approximate surface area is 161 Å². The molecule has 1 aromatic carbocycles. The Morgan fingerprint density at radius 1 is 1.31 bits per heavy atom. The molecule has 0 spiro atoms. The molecule has 2 rings (SSSR count). The summed E-state index contributed by atoms with van der Waals surface area (Å²) in [5, 5.41) is 2.74. The maximum atomic E-state index is 12.8. The molecular weight excluding hydrogens is 378 g/mol. The number of benzene rings is 1. The van der Waals surface area contributed by atoms with Gasteiger partial charge in [-0.05, 0) is 31.0 Å². The molecule has 0 heterocycles. The minimum Gasteiger partial charge on any atom is -0.496 e. The summed E-state index contributed by atoms with van der Waals surface area (Å²) in [6.07, 6.45) is 3.80. The molecule has 1 aliphatic rings. The molecule has 0 atom stereocenters. The predicted molar refractivity (Wildman–Crippen MR) is 103 cm³/mol. The first-order valence-electron chi connectivity index (χ1n) is 8.53. The van der Waals surface area contributed by atoms with E-state index in [0.717, 1.165) is 25.7 Å². The van der Waals surface area contributed by atoms with Crippen molar-refractivity contribution in [3.05, 3.63) is 23.8 Å². The number of hydrogen-bond acceptors (Lipinski definition) is 5. The molecule has 0 aromatic heterocycles. The largest absolute Gasteiger partial charge is 0.496 e. The highest BCUT2D eigenvalue weighted by atomic mass is 35.5. The summed E-state index contributed by atoms with van der Waals surface area (Å²) in [7, 11) is -2.20. The van der Waals surface area contributed by atoms with Gasteiger partial charge >= 0.3 is 0 Å². The molecule has 1 fully saturated rings. The third-order valence-corrected chi connectivity index (χ3v) is 6.24. The zero-order chi connectivity index (χ0) is 18.5. The summed E-state index contributed by atoms with van der Waals surface area (Å²) in [5.74, 6) is 0.422. The molecular formula is C17H28ClN3O4S. The maximum Gasteiger partial charge on any atom is 0.241 e. The molecule has 4 N–H and O–H groups in total. The molecule has 9 heteroatoms. The smallest absolute Gasteiger partial charge is 0.241 e. The van der Waals surface area contributed by atoms with Gasteiger partial charge in [-0.2, -0.15) is 0 Å². The van der Waals surface area contributed by atoms with Gasteiger partial charge in [0.2, 0.25) is 15.9 Å². The highest BCUT2D eigenvalue weighted by Crippen LogP contribution is 2.31. The average Bonchev–Trinajstić information content (AvgIpc) is 3.07. The van der Waals surface area contributed by atoms with Crippen LogP contribution >= 0.6 is 12.4 Å². The van der Waals surface area contributed by atoms with Crippen molar-refractivity contribution in [2.75, 3.05) is 13.7 Å². The van der Waals surface area contributed by atoms with Crippen LogP contribution in [0.3, 0.4) is 0 Å². The van der Waals surface area contributed by atoms with Crippen LogP contribution in [0.4, 0.5) is 0 Å². The van der Waals surface area contributed by atoms with Gasteiger partial charge < -0.3 is 15.8 Å². The van der Waals surface area contributed by atoms with Crippen LogP contribution in [0, 0.1) is 0 Å². The minimum absolute atomic E-state index is 0. The normalized spacial score (nSPS) is 16.0. The summed E-state index contributed by atoms with van der Waals surface area (Å²) in [5.41, 5.74) is 5.88. The molecule has 0 unspecified atom stereocenters. The molecule has 0 aliphatic heterocycles. The molecule has 0 saturated heterocycles. The van der Waals surface area contributed by atoms with Gasteiger partial charge in [0.1, 0.15) is 5.75 Å². The standard InChI is InChI=1S/C17H27N3O4S.ClH/c1-3-16(21)19-11-13-10-14(6-7-15(13)24-2)25(22,23)20-17(12-18)8-4-5-9-17;/h6-7,10,20H,3-5,8-9,11-12,18H2,1-2H3,(H,19,21);1H. The fourth-order valence-electron chi connectivity index (χ4n) is 3.12. The maximum absolute atomic E-state index is 12.8. The van der Waals surface area contributed by atoms with Crippen LogP contribution in [-0.2, 0) is 21.4 Å². The van der Waals surface area contributed by atoms with Gasteiger partial charge in [0.05, 0.1) is 12.0 Å². The number of nitrogens with one attached hydrogen (secondary N) is 2. The summed E-state index contributed by atoms with van der Waals surface area (Å²) in [6.45, 7) is 2.24. The van der Waals surface area contributed by atoms with Crippen molar-refractivity contribution >= 4 is 28.3 Å². The fourth-order valence-corrected chi connectivity index (χ4v) is 4.64. The first-order chi connectivity index (χ1) is 11.9. The topological polar surface area (TPSA) is 111 Å². The minimum atomic E-state index is -3.70. The molecule has 1 aromatic rings. The van der Waals surface area contributed by atoms with Crippen molar-refractivity contribution in [3.63, 3.8) is 0 Å². The number of nitrogens with two attached hydrogens (primary N) is 1. The number of amides is 1. The Morgan fingerprint density at radius 2 is 1.96 bits per heavy atom. The highest BCUT2D eigenvalue weighted by Gasteiger charge is 2.36. The number of halogens is 1.